The molecule has 6 N–H and O–H groups in total. The second kappa shape index (κ2) is 12.2. The van der Waals surface area contributed by atoms with E-state index in [0.29, 0.717) is 24.8 Å². The lowest BCUT2D eigenvalue weighted by atomic mass is 9.94. The fraction of sp³-hybridized carbons (Fsp3) is 0.731. The van der Waals surface area contributed by atoms with Gasteiger partial charge in [-0.1, -0.05) is 17.7 Å². The molecule has 12 nitrogen and oxygen atoms in total. The number of fused-ring (bicyclic) bond motifs is 1. The van der Waals surface area contributed by atoms with E-state index in [1.807, 2.05) is 13.0 Å². The Balaban J connectivity index is 1.38. The fourth-order valence-corrected chi connectivity index (χ4v) is 4.98. The summed E-state index contributed by atoms with van der Waals surface area (Å²) in [6.07, 6.45) is -3.52. The van der Waals surface area contributed by atoms with Crippen LogP contribution < -0.4 is 0 Å². The van der Waals surface area contributed by atoms with E-state index in [2.05, 4.69) is 6.08 Å². The standard InChI is InChI=1S/C26H38O12/c1-13-4-3-5-15(6-7-16-14(2)23(32)37-17(16)8-13)9-34-24-21(30)20(29)19(28)18(38-24)10-35-25-22(31)26(33,11-27)12-36-25/h4,6,17-22,24-25,27-31,33H,3,5,7-12H2,1-2H3/b13-4+,15-6-/t17-,18+,19+,20-,21+,22-,24+,25+,26+/m0/s1. The Bertz CT molecular complexity index is 960. The minimum atomic E-state index is -1.87. The van der Waals surface area contributed by atoms with Gasteiger partial charge in [-0.2, -0.15) is 0 Å². The molecule has 0 aromatic carbocycles. The number of hydrogen-bond donors (Lipinski definition) is 6. The molecule has 9 atom stereocenters. The van der Waals surface area contributed by atoms with E-state index in [1.54, 1.807) is 6.92 Å². The van der Waals surface area contributed by atoms with Crippen LogP contribution in [0.4, 0.5) is 0 Å². The highest BCUT2D eigenvalue weighted by atomic mass is 16.7. The molecule has 3 aliphatic heterocycles. The fourth-order valence-electron chi connectivity index (χ4n) is 4.98. The number of rotatable bonds is 7. The SMILES string of the molecule is CC1=C2C/C=C(\CO[C@@H]3O[C@H](CO[C@@H]4OC[C@](O)(CO)[C@H]4O)[C@@H](O)[C@H](O)[C@H]3O)CC/C=C(\C)C[C@@H]2OC1=O. The zero-order valence-electron chi connectivity index (χ0n) is 21.6. The molecule has 4 aliphatic rings. The third-order valence-electron chi connectivity index (χ3n) is 7.61. The van der Waals surface area contributed by atoms with E-state index < -0.39 is 55.3 Å². The van der Waals surface area contributed by atoms with Crippen LogP contribution in [-0.2, 0) is 28.5 Å². The highest BCUT2D eigenvalue weighted by molar-refractivity contribution is 5.91. The van der Waals surface area contributed by atoms with Gasteiger partial charge in [0.1, 0.15) is 42.2 Å². The van der Waals surface area contributed by atoms with Crippen molar-refractivity contribution in [1.82, 2.24) is 0 Å². The summed E-state index contributed by atoms with van der Waals surface area (Å²) in [6, 6.07) is 0. The van der Waals surface area contributed by atoms with Gasteiger partial charge in [0.15, 0.2) is 12.6 Å². The molecule has 3 heterocycles. The maximum Gasteiger partial charge on any atom is 0.334 e. The van der Waals surface area contributed by atoms with Crippen molar-refractivity contribution in [2.24, 2.45) is 0 Å². The quantitative estimate of drug-likeness (QED) is 0.170. The number of hydrogen-bond acceptors (Lipinski definition) is 12. The first-order valence-corrected chi connectivity index (χ1v) is 12.8. The van der Waals surface area contributed by atoms with E-state index in [1.165, 1.54) is 0 Å². The van der Waals surface area contributed by atoms with Gasteiger partial charge in [0.2, 0.25) is 0 Å². The molecule has 0 unspecified atom stereocenters. The minimum Gasteiger partial charge on any atom is -0.454 e. The Morgan fingerprint density at radius 2 is 1.82 bits per heavy atom. The average molecular weight is 543 g/mol. The van der Waals surface area contributed by atoms with Crippen LogP contribution in [0.3, 0.4) is 0 Å². The van der Waals surface area contributed by atoms with Gasteiger partial charge in [-0.25, -0.2) is 4.79 Å². The molecule has 1 aliphatic carbocycles. The van der Waals surface area contributed by atoms with Crippen LogP contribution in [0.15, 0.2) is 34.4 Å². The van der Waals surface area contributed by atoms with Crippen LogP contribution in [0.25, 0.3) is 0 Å². The van der Waals surface area contributed by atoms with Crippen LogP contribution >= 0.6 is 0 Å². The summed E-state index contributed by atoms with van der Waals surface area (Å²) >= 11 is 0. The highest BCUT2D eigenvalue weighted by Crippen LogP contribution is 2.32. The lowest BCUT2D eigenvalue weighted by molar-refractivity contribution is -0.307. The van der Waals surface area contributed by atoms with Crippen molar-refractivity contribution < 1.29 is 59.1 Å². The summed E-state index contributed by atoms with van der Waals surface area (Å²) in [5, 5.41) is 60.7. The molecule has 12 heteroatoms. The van der Waals surface area contributed by atoms with Crippen molar-refractivity contribution in [3.05, 3.63) is 34.4 Å². The zero-order chi connectivity index (χ0) is 27.6. The van der Waals surface area contributed by atoms with Crippen LogP contribution in [-0.4, -0.2) is 118 Å². The van der Waals surface area contributed by atoms with Gasteiger partial charge in [-0.05, 0) is 44.3 Å². The number of aliphatic hydroxyl groups excluding tert-OH is 5. The summed E-state index contributed by atoms with van der Waals surface area (Å²) < 4.78 is 27.7. The summed E-state index contributed by atoms with van der Waals surface area (Å²) in [7, 11) is 0. The molecule has 0 bridgehead atoms. The number of esters is 1. The second-order valence-corrected chi connectivity index (χ2v) is 10.4. The van der Waals surface area contributed by atoms with E-state index in [9.17, 15) is 35.4 Å². The molecule has 2 saturated heterocycles. The maximum absolute atomic E-state index is 12.1. The summed E-state index contributed by atoms with van der Waals surface area (Å²) in [6.45, 7) is 2.39. The van der Waals surface area contributed by atoms with Gasteiger partial charge >= 0.3 is 5.97 Å². The third-order valence-corrected chi connectivity index (χ3v) is 7.61. The Hall–Kier alpha value is -1.71. The van der Waals surface area contributed by atoms with Gasteiger partial charge in [-0.3, -0.25) is 0 Å². The van der Waals surface area contributed by atoms with Crippen molar-refractivity contribution in [3.8, 4) is 0 Å². The first kappa shape index (κ1) is 29.3. The van der Waals surface area contributed by atoms with Crippen LogP contribution in [0.2, 0.25) is 0 Å². The Kier molecular flexibility index (Phi) is 9.41. The Morgan fingerprint density at radius 3 is 2.53 bits per heavy atom. The van der Waals surface area contributed by atoms with E-state index in [0.717, 1.165) is 23.1 Å². The third kappa shape index (κ3) is 6.20. The topological polar surface area (TPSA) is 185 Å². The van der Waals surface area contributed by atoms with Crippen LogP contribution in [0.5, 0.6) is 0 Å². The monoisotopic (exact) mass is 542 g/mol. The molecule has 4 rings (SSSR count). The number of carbonyl (C=O) groups excluding carboxylic acids is 1. The number of carbonyl (C=O) groups is 1. The molecule has 0 radical (unpaired) electrons. The number of aliphatic hydroxyl groups is 6. The van der Waals surface area contributed by atoms with Crippen molar-refractivity contribution in [2.45, 2.75) is 94.3 Å². The lowest BCUT2D eigenvalue weighted by Crippen LogP contribution is -2.59. The summed E-state index contributed by atoms with van der Waals surface area (Å²) in [5.41, 5.74) is 1.69. The van der Waals surface area contributed by atoms with Crippen molar-refractivity contribution >= 4 is 5.97 Å². The molecule has 0 saturated carbocycles. The van der Waals surface area contributed by atoms with E-state index in [4.69, 9.17) is 23.7 Å². The molecular weight excluding hydrogens is 504 g/mol. The van der Waals surface area contributed by atoms with Crippen LogP contribution in [0, 0.1) is 0 Å². The van der Waals surface area contributed by atoms with Gasteiger partial charge in [0, 0.05) is 12.0 Å². The molecule has 0 aromatic rings. The zero-order valence-corrected chi connectivity index (χ0v) is 21.6. The Labute approximate surface area is 220 Å². The average Bonchev–Trinajstić information content (AvgIpc) is 3.33. The van der Waals surface area contributed by atoms with E-state index in [-0.39, 0.29) is 31.9 Å². The summed E-state index contributed by atoms with van der Waals surface area (Å²) in [5.74, 6) is -0.306. The highest BCUT2D eigenvalue weighted by Gasteiger charge is 2.50. The molecular formula is C26H38O12. The smallest absolute Gasteiger partial charge is 0.334 e. The number of allylic oxidation sites excluding steroid dienone is 2. The van der Waals surface area contributed by atoms with Gasteiger partial charge in [0.05, 0.1) is 26.4 Å². The molecule has 38 heavy (non-hydrogen) atoms. The maximum atomic E-state index is 12.1. The van der Waals surface area contributed by atoms with E-state index >= 15 is 0 Å². The van der Waals surface area contributed by atoms with Gasteiger partial charge in [-0.15, -0.1) is 0 Å². The lowest BCUT2D eigenvalue weighted by Gasteiger charge is -2.40. The Morgan fingerprint density at radius 1 is 1.05 bits per heavy atom. The van der Waals surface area contributed by atoms with Gasteiger partial charge in [0.25, 0.3) is 0 Å². The van der Waals surface area contributed by atoms with Gasteiger partial charge < -0.3 is 54.3 Å². The normalized spacial score (nSPS) is 43.2. The molecule has 2 fully saturated rings. The molecule has 0 aromatic heterocycles. The van der Waals surface area contributed by atoms with Crippen molar-refractivity contribution in [1.29, 1.82) is 0 Å². The predicted molar refractivity (Wildman–Crippen MR) is 129 cm³/mol. The molecule has 214 valence electrons. The number of ether oxygens (including phenoxy) is 5. The van der Waals surface area contributed by atoms with Crippen molar-refractivity contribution in [2.75, 3.05) is 26.4 Å². The first-order valence-electron chi connectivity index (χ1n) is 12.8. The largest absolute Gasteiger partial charge is 0.454 e. The first-order chi connectivity index (χ1) is 18.0. The second-order valence-electron chi connectivity index (χ2n) is 10.4. The predicted octanol–water partition coefficient (Wildman–Crippen LogP) is -1.04. The summed E-state index contributed by atoms with van der Waals surface area (Å²) in [4.78, 5) is 12.1. The molecule has 0 spiro atoms. The van der Waals surface area contributed by atoms with Crippen LogP contribution in [0.1, 0.15) is 39.5 Å². The molecule has 0 amide bonds. The minimum absolute atomic E-state index is 0.0742. The van der Waals surface area contributed by atoms with Crippen molar-refractivity contribution in [3.63, 3.8) is 0 Å².